The first-order valence-electron chi connectivity index (χ1n) is 9.89. The zero-order chi connectivity index (χ0) is 20.7. The summed E-state index contributed by atoms with van der Waals surface area (Å²) in [6.07, 6.45) is 2.28. The zero-order valence-corrected chi connectivity index (χ0v) is 20.5. The molecule has 1 aliphatic rings. The summed E-state index contributed by atoms with van der Waals surface area (Å²) in [5, 5.41) is 7.33. The predicted molar refractivity (Wildman–Crippen MR) is 128 cm³/mol. The Morgan fingerprint density at radius 3 is 2.47 bits per heavy atom. The number of hydrogen-bond donors (Lipinski definition) is 1. The van der Waals surface area contributed by atoms with E-state index in [1.165, 1.54) is 0 Å². The summed E-state index contributed by atoms with van der Waals surface area (Å²) in [6, 6.07) is 10.3. The molecule has 3 rings (SSSR count). The van der Waals surface area contributed by atoms with Gasteiger partial charge in [-0.15, -0.1) is 24.0 Å². The molecule has 1 N–H and O–H groups in total. The molecule has 1 aliphatic heterocycles. The number of aliphatic imine (C=N–C) groups is 1. The van der Waals surface area contributed by atoms with Crippen molar-refractivity contribution in [1.82, 2.24) is 20.3 Å². The SMILES string of the molecule is CCC(CS(=O)(=O)c1ccccc1)NC(=NC)N1CCN(Cc2ccon2)CC1.I. The summed E-state index contributed by atoms with van der Waals surface area (Å²) in [5.41, 5.74) is 0.929. The van der Waals surface area contributed by atoms with Gasteiger partial charge < -0.3 is 14.7 Å². The van der Waals surface area contributed by atoms with Crippen LogP contribution in [0, 0.1) is 0 Å². The largest absolute Gasteiger partial charge is 0.364 e. The predicted octanol–water partition coefficient (Wildman–Crippen LogP) is 2.24. The van der Waals surface area contributed by atoms with Crippen molar-refractivity contribution in [3.05, 3.63) is 48.4 Å². The van der Waals surface area contributed by atoms with Crippen molar-refractivity contribution in [2.45, 2.75) is 30.8 Å². The second-order valence-corrected chi connectivity index (χ2v) is 9.18. The van der Waals surface area contributed by atoms with Gasteiger partial charge in [0, 0.05) is 51.9 Å². The van der Waals surface area contributed by atoms with Gasteiger partial charge in [-0.2, -0.15) is 0 Å². The number of piperazine rings is 1. The van der Waals surface area contributed by atoms with Crippen LogP contribution in [0.4, 0.5) is 0 Å². The van der Waals surface area contributed by atoms with Gasteiger partial charge in [-0.1, -0.05) is 30.3 Å². The van der Waals surface area contributed by atoms with E-state index in [1.807, 2.05) is 19.1 Å². The normalized spacial score (nSPS) is 16.7. The summed E-state index contributed by atoms with van der Waals surface area (Å²) in [7, 11) is -1.62. The van der Waals surface area contributed by atoms with Crippen LogP contribution in [-0.4, -0.2) is 74.4 Å². The molecule has 10 heteroatoms. The maximum absolute atomic E-state index is 12.7. The second-order valence-electron chi connectivity index (χ2n) is 7.15. The van der Waals surface area contributed by atoms with Crippen molar-refractivity contribution in [1.29, 1.82) is 0 Å². The van der Waals surface area contributed by atoms with Crippen LogP contribution in [0.25, 0.3) is 0 Å². The van der Waals surface area contributed by atoms with Gasteiger partial charge in [-0.05, 0) is 18.6 Å². The van der Waals surface area contributed by atoms with E-state index in [9.17, 15) is 8.42 Å². The lowest BCUT2D eigenvalue weighted by Crippen LogP contribution is -2.54. The van der Waals surface area contributed by atoms with Crippen LogP contribution in [0.5, 0.6) is 0 Å². The van der Waals surface area contributed by atoms with Crippen LogP contribution >= 0.6 is 24.0 Å². The van der Waals surface area contributed by atoms with Crippen LogP contribution in [0.1, 0.15) is 19.0 Å². The Morgan fingerprint density at radius 1 is 1.20 bits per heavy atom. The molecule has 8 nitrogen and oxygen atoms in total. The third-order valence-electron chi connectivity index (χ3n) is 5.11. The molecule has 0 aliphatic carbocycles. The molecular weight excluding hydrogens is 517 g/mol. The molecule has 1 unspecified atom stereocenters. The van der Waals surface area contributed by atoms with Crippen LogP contribution in [0.2, 0.25) is 0 Å². The highest BCUT2D eigenvalue weighted by Gasteiger charge is 2.25. The van der Waals surface area contributed by atoms with E-state index in [1.54, 1.807) is 37.6 Å². The molecule has 1 aromatic carbocycles. The standard InChI is InChI=1S/C20H29N5O3S.HI/c1-3-17(16-29(26,27)19-7-5-4-6-8-19)22-20(21-2)25-12-10-24(11-13-25)15-18-9-14-28-23-18;/h4-9,14,17H,3,10-13,15-16H2,1-2H3,(H,21,22);1H. The van der Waals surface area contributed by atoms with Gasteiger partial charge in [-0.3, -0.25) is 9.89 Å². The zero-order valence-electron chi connectivity index (χ0n) is 17.4. The molecule has 0 amide bonds. The van der Waals surface area contributed by atoms with Crippen molar-refractivity contribution >= 4 is 39.8 Å². The average Bonchev–Trinajstić information content (AvgIpc) is 3.25. The lowest BCUT2D eigenvalue weighted by molar-refractivity contribution is 0.168. The van der Waals surface area contributed by atoms with Gasteiger partial charge in [0.25, 0.3) is 0 Å². The number of nitrogens with one attached hydrogen (secondary N) is 1. The van der Waals surface area contributed by atoms with Crippen LogP contribution in [0.15, 0.2) is 57.1 Å². The Bertz CT molecular complexity index is 882. The lowest BCUT2D eigenvalue weighted by atomic mass is 10.2. The molecule has 0 saturated carbocycles. The van der Waals surface area contributed by atoms with Crippen molar-refractivity contribution < 1.29 is 12.9 Å². The Balaban J connectivity index is 0.00000320. The van der Waals surface area contributed by atoms with Gasteiger partial charge in [-0.25, -0.2) is 8.42 Å². The highest BCUT2D eigenvalue weighted by atomic mass is 127. The van der Waals surface area contributed by atoms with Crippen LogP contribution in [0.3, 0.4) is 0 Å². The number of aromatic nitrogens is 1. The molecule has 2 aromatic rings. The fraction of sp³-hybridized carbons (Fsp3) is 0.500. The molecule has 0 radical (unpaired) electrons. The van der Waals surface area contributed by atoms with Gasteiger partial charge in [0.05, 0.1) is 16.3 Å². The third-order valence-corrected chi connectivity index (χ3v) is 6.94. The number of benzene rings is 1. The molecule has 0 spiro atoms. The Hall–Kier alpha value is -1.66. The summed E-state index contributed by atoms with van der Waals surface area (Å²) in [5.74, 6) is 0.791. The maximum Gasteiger partial charge on any atom is 0.193 e. The van der Waals surface area contributed by atoms with Crippen LogP contribution in [-0.2, 0) is 16.4 Å². The molecule has 1 aromatic heterocycles. The fourth-order valence-electron chi connectivity index (χ4n) is 3.40. The number of hydrogen-bond acceptors (Lipinski definition) is 6. The highest BCUT2D eigenvalue weighted by Crippen LogP contribution is 2.13. The van der Waals surface area contributed by atoms with Crippen molar-refractivity contribution in [2.75, 3.05) is 39.0 Å². The third kappa shape index (κ3) is 6.67. The molecule has 2 heterocycles. The van der Waals surface area contributed by atoms with Crippen molar-refractivity contribution in [3.8, 4) is 0 Å². The molecular formula is C20H30IN5O3S. The fourth-order valence-corrected chi connectivity index (χ4v) is 5.01. The highest BCUT2D eigenvalue weighted by molar-refractivity contribution is 14.0. The number of nitrogens with zero attached hydrogens (tertiary/aromatic N) is 4. The first kappa shape index (κ1) is 24.6. The van der Waals surface area contributed by atoms with Crippen molar-refractivity contribution in [2.24, 2.45) is 4.99 Å². The first-order chi connectivity index (χ1) is 14.0. The van der Waals surface area contributed by atoms with Crippen LogP contribution < -0.4 is 5.32 Å². The summed E-state index contributed by atoms with van der Waals surface area (Å²) in [6.45, 7) is 6.16. The lowest BCUT2D eigenvalue weighted by Gasteiger charge is -2.37. The Kier molecular flexibility index (Phi) is 9.56. The molecule has 1 fully saturated rings. The monoisotopic (exact) mass is 547 g/mol. The smallest absolute Gasteiger partial charge is 0.193 e. The minimum absolute atomic E-state index is 0. The maximum atomic E-state index is 12.7. The number of halogens is 1. The van der Waals surface area contributed by atoms with E-state index in [-0.39, 0.29) is 35.8 Å². The quantitative estimate of drug-likeness (QED) is 0.323. The van der Waals surface area contributed by atoms with E-state index in [4.69, 9.17) is 4.52 Å². The van der Waals surface area contributed by atoms with Gasteiger partial charge >= 0.3 is 0 Å². The topological polar surface area (TPSA) is 91.0 Å². The van der Waals surface area contributed by atoms with E-state index in [0.29, 0.717) is 11.3 Å². The number of guanidine groups is 1. The molecule has 0 bridgehead atoms. The van der Waals surface area contributed by atoms with Gasteiger partial charge in [0.1, 0.15) is 6.26 Å². The summed E-state index contributed by atoms with van der Waals surface area (Å²) >= 11 is 0. The van der Waals surface area contributed by atoms with E-state index < -0.39 is 9.84 Å². The minimum Gasteiger partial charge on any atom is -0.364 e. The second kappa shape index (κ2) is 11.7. The van der Waals surface area contributed by atoms with Gasteiger partial charge in [0.2, 0.25) is 0 Å². The van der Waals surface area contributed by atoms with Gasteiger partial charge in [0.15, 0.2) is 15.8 Å². The van der Waals surface area contributed by atoms with E-state index in [2.05, 4.69) is 25.3 Å². The minimum atomic E-state index is -3.35. The first-order valence-corrected chi connectivity index (χ1v) is 11.5. The Morgan fingerprint density at radius 2 is 1.90 bits per heavy atom. The Labute approximate surface area is 195 Å². The molecule has 1 atom stereocenters. The summed E-state index contributed by atoms with van der Waals surface area (Å²) in [4.78, 5) is 9.25. The molecule has 1 saturated heterocycles. The van der Waals surface area contributed by atoms with E-state index in [0.717, 1.165) is 44.4 Å². The summed E-state index contributed by atoms with van der Waals surface area (Å²) < 4.78 is 30.4. The molecule has 30 heavy (non-hydrogen) atoms. The number of sulfone groups is 1. The molecule has 166 valence electrons. The van der Waals surface area contributed by atoms with E-state index >= 15 is 0 Å². The average molecular weight is 547 g/mol. The number of rotatable bonds is 7. The van der Waals surface area contributed by atoms with Crippen molar-refractivity contribution in [3.63, 3.8) is 0 Å².